The molecule has 1 fully saturated rings. The van der Waals surface area contributed by atoms with E-state index in [1.807, 2.05) is 11.8 Å². The van der Waals surface area contributed by atoms with Crippen molar-refractivity contribution in [2.24, 2.45) is 10.7 Å². The minimum atomic E-state index is 0.380. The van der Waals surface area contributed by atoms with E-state index in [4.69, 9.17) is 5.73 Å². The second-order valence-corrected chi connectivity index (χ2v) is 6.83. The molecule has 1 heterocycles. The van der Waals surface area contributed by atoms with Crippen molar-refractivity contribution >= 4 is 17.7 Å². The van der Waals surface area contributed by atoms with Crippen LogP contribution in [0.2, 0.25) is 0 Å². The van der Waals surface area contributed by atoms with Crippen molar-refractivity contribution in [3.8, 4) is 0 Å². The summed E-state index contributed by atoms with van der Waals surface area (Å²) in [5.74, 6) is 3.00. The highest BCUT2D eigenvalue weighted by atomic mass is 32.2. The van der Waals surface area contributed by atoms with E-state index >= 15 is 0 Å². The summed E-state index contributed by atoms with van der Waals surface area (Å²) in [4.78, 5) is 9.07. The molecule has 1 aromatic carbocycles. The molecule has 1 aliphatic heterocycles. The first kappa shape index (κ1) is 16.2. The standard InChI is InChI=1S/C16H26N4S/c1-19(2)15(12-14-6-4-3-5-7-14)13-18-16(17)20-8-10-21-11-9-20/h3-7,15H,8-13H2,1-2H3,(H2,17,18). The highest BCUT2D eigenvalue weighted by Gasteiger charge is 2.15. The molecule has 2 rings (SSSR count). The van der Waals surface area contributed by atoms with Gasteiger partial charge in [0.05, 0.1) is 6.54 Å². The number of nitrogens with zero attached hydrogens (tertiary/aromatic N) is 3. The lowest BCUT2D eigenvalue weighted by Crippen LogP contribution is -2.43. The molecule has 0 spiro atoms. The maximum absolute atomic E-state index is 6.14. The summed E-state index contributed by atoms with van der Waals surface area (Å²) in [6.45, 7) is 2.79. The summed E-state index contributed by atoms with van der Waals surface area (Å²) < 4.78 is 0. The maximum Gasteiger partial charge on any atom is 0.191 e. The van der Waals surface area contributed by atoms with Crippen molar-refractivity contribution in [1.29, 1.82) is 0 Å². The molecular formula is C16H26N4S. The van der Waals surface area contributed by atoms with Crippen molar-refractivity contribution < 1.29 is 0 Å². The Labute approximate surface area is 132 Å². The molecule has 5 heteroatoms. The van der Waals surface area contributed by atoms with E-state index in [0.29, 0.717) is 12.0 Å². The molecule has 1 unspecified atom stereocenters. The number of benzene rings is 1. The van der Waals surface area contributed by atoms with Gasteiger partial charge in [-0.1, -0.05) is 30.3 Å². The molecule has 0 radical (unpaired) electrons. The first-order chi connectivity index (χ1) is 10.2. The second kappa shape index (κ2) is 8.29. The van der Waals surface area contributed by atoms with Crippen LogP contribution in [0.25, 0.3) is 0 Å². The number of nitrogens with two attached hydrogens (primary N) is 1. The van der Waals surface area contributed by atoms with Gasteiger partial charge in [-0.15, -0.1) is 0 Å². The first-order valence-corrected chi connectivity index (χ1v) is 8.65. The van der Waals surface area contributed by atoms with E-state index < -0.39 is 0 Å². The third-order valence-corrected chi connectivity index (χ3v) is 4.79. The van der Waals surface area contributed by atoms with E-state index in [0.717, 1.165) is 37.6 Å². The number of hydrogen-bond donors (Lipinski definition) is 1. The van der Waals surface area contributed by atoms with Gasteiger partial charge in [0.15, 0.2) is 5.96 Å². The molecule has 0 aromatic heterocycles. The molecule has 0 bridgehead atoms. The van der Waals surface area contributed by atoms with Crippen molar-refractivity contribution in [3.63, 3.8) is 0 Å². The van der Waals surface area contributed by atoms with Crippen LogP contribution in [0.5, 0.6) is 0 Å². The van der Waals surface area contributed by atoms with E-state index in [9.17, 15) is 0 Å². The predicted molar refractivity (Wildman–Crippen MR) is 93.0 cm³/mol. The fourth-order valence-corrected chi connectivity index (χ4v) is 3.29. The van der Waals surface area contributed by atoms with Gasteiger partial charge in [-0.3, -0.25) is 4.99 Å². The van der Waals surface area contributed by atoms with Gasteiger partial charge < -0.3 is 15.5 Å². The molecule has 21 heavy (non-hydrogen) atoms. The van der Waals surface area contributed by atoms with Crippen LogP contribution in [0.3, 0.4) is 0 Å². The van der Waals surface area contributed by atoms with Crippen LogP contribution in [0.1, 0.15) is 5.56 Å². The zero-order valence-corrected chi connectivity index (χ0v) is 13.9. The molecule has 0 aliphatic carbocycles. The minimum absolute atomic E-state index is 0.380. The van der Waals surface area contributed by atoms with Crippen LogP contribution in [-0.2, 0) is 6.42 Å². The summed E-state index contributed by atoms with van der Waals surface area (Å²) in [7, 11) is 4.22. The Hall–Kier alpha value is -1.20. The van der Waals surface area contributed by atoms with E-state index in [1.165, 1.54) is 5.56 Å². The number of rotatable bonds is 5. The summed E-state index contributed by atoms with van der Waals surface area (Å²) in [6, 6.07) is 11.0. The van der Waals surface area contributed by atoms with Crippen molar-refractivity contribution in [2.75, 3.05) is 45.2 Å². The molecule has 1 saturated heterocycles. The molecule has 1 atom stereocenters. The fourth-order valence-electron chi connectivity index (χ4n) is 2.39. The lowest BCUT2D eigenvalue weighted by atomic mass is 10.1. The van der Waals surface area contributed by atoms with E-state index in [1.54, 1.807) is 0 Å². The average Bonchev–Trinajstić information content (AvgIpc) is 2.52. The van der Waals surface area contributed by atoms with Gasteiger partial charge in [0, 0.05) is 30.6 Å². The molecule has 2 N–H and O–H groups in total. The normalized spacial score (nSPS) is 18.0. The van der Waals surface area contributed by atoms with Crippen LogP contribution >= 0.6 is 11.8 Å². The minimum Gasteiger partial charge on any atom is -0.370 e. The van der Waals surface area contributed by atoms with Crippen LogP contribution in [0.4, 0.5) is 0 Å². The lowest BCUT2D eigenvalue weighted by molar-refractivity contribution is 0.297. The number of likely N-dealkylation sites (N-methyl/N-ethyl adjacent to an activating group) is 1. The molecule has 4 nitrogen and oxygen atoms in total. The van der Waals surface area contributed by atoms with Gasteiger partial charge in [0.2, 0.25) is 0 Å². The Morgan fingerprint density at radius 1 is 1.29 bits per heavy atom. The van der Waals surface area contributed by atoms with Crippen LogP contribution in [-0.4, -0.2) is 67.0 Å². The zero-order chi connectivity index (χ0) is 15.1. The summed E-state index contributed by atoms with van der Waals surface area (Å²) in [5.41, 5.74) is 7.49. The van der Waals surface area contributed by atoms with Crippen molar-refractivity contribution in [3.05, 3.63) is 35.9 Å². The lowest BCUT2D eigenvalue weighted by Gasteiger charge is -2.28. The zero-order valence-electron chi connectivity index (χ0n) is 13.0. The average molecular weight is 306 g/mol. The highest BCUT2D eigenvalue weighted by Crippen LogP contribution is 2.10. The number of guanidine groups is 1. The Kier molecular flexibility index (Phi) is 6.39. The number of aliphatic imine (C=N–C) groups is 1. The van der Waals surface area contributed by atoms with Gasteiger partial charge in [0.25, 0.3) is 0 Å². The topological polar surface area (TPSA) is 44.9 Å². The van der Waals surface area contributed by atoms with Gasteiger partial charge in [-0.05, 0) is 26.1 Å². The molecule has 1 aliphatic rings. The second-order valence-electron chi connectivity index (χ2n) is 5.61. The summed E-state index contributed by atoms with van der Waals surface area (Å²) >= 11 is 1.99. The Bertz CT molecular complexity index is 441. The molecule has 0 saturated carbocycles. The first-order valence-electron chi connectivity index (χ1n) is 7.50. The smallest absolute Gasteiger partial charge is 0.191 e. The Morgan fingerprint density at radius 3 is 2.57 bits per heavy atom. The van der Waals surface area contributed by atoms with Crippen molar-refractivity contribution in [1.82, 2.24) is 9.80 Å². The van der Waals surface area contributed by atoms with Gasteiger partial charge >= 0.3 is 0 Å². The Balaban J connectivity index is 1.93. The van der Waals surface area contributed by atoms with Crippen LogP contribution in [0, 0.1) is 0 Å². The van der Waals surface area contributed by atoms with Crippen LogP contribution < -0.4 is 5.73 Å². The molecule has 1 aromatic rings. The van der Waals surface area contributed by atoms with Crippen LogP contribution in [0.15, 0.2) is 35.3 Å². The quantitative estimate of drug-likeness (QED) is 0.662. The van der Waals surface area contributed by atoms with E-state index in [-0.39, 0.29) is 0 Å². The molecule has 0 amide bonds. The monoisotopic (exact) mass is 306 g/mol. The third kappa shape index (κ3) is 5.25. The largest absolute Gasteiger partial charge is 0.370 e. The molecular weight excluding hydrogens is 280 g/mol. The van der Waals surface area contributed by atoms with Gasteiger partial charge in [0.1, 0.15) is 0 Å². The SMILES string of the molecule is CN(C)C(CN=C(N)N1CCSCC1)Cc1ccccc1. The number of thioether (sulfide) groups is 1. The van der Waals surface area contributed by atoms with Gasteiger partial charge in [-0.25, -0.2) is 0 Å². The highest BCUT2D eigenvalue weighted by molar-refractivity contribution is 7.99. The summed E-state index contributed by atoms with van der Waals surface area (Å²) in [6.07, 6.45) is 1.00. The Morgan fingerprint density at radius 2 is 1.95 bits per heavy atom. The summed E-state index contributed by atoms with van der Waals surface area (Å²) in [5, 5.41) is 0. The fraction of sp³-hybridized carbons (Fsp3) is 0.562. The van der Waals surface area contributed by atoms with Crippen molar-refractivity contribution in [2.45, 2.75) is 12.5 Å². The molecule has 116 valence electrons. The predicted octanol–water partition coefficient (Wildman–Crippen LogP) is 1.52. The van der Waals surface area contributed by atoms with Gasteiger partial charge in [-0.2, -0.15) is 11.8 Å². The maximum atomic E-state index is 6.14. The third-order valence-electron chi connectivity index (χ3n) is 3.84. The van der Waals surface area contributed by atoms with E-state index in [2.05, 4.69) is 59.2 Å². The number of hydrogen-bond acceptors (Lipinski definition) is 3.